The molecule has 3 heterocycles. The highest BCUT2D eigenvalue weighted by atomic mass is 16.3. The third kappa shape index (κ3) is 3.68. The van der Waals surface area contributed by atoms with Crippen LogP contribution >= 0.6 is 0 Å². The lowest BCUT2D eigenvalue weighted by Gasteiger charge is -2.24. The topological polar surface area (TPSA) is 54.8 Å². The highest BCUT2D eigenvalue weighted by Gasteiger charge is 2.34. The summed E-state index contributed by atoms with van der Waals surface area (Å²) in [6.07, 6.45) is 32.6. The van der Waals surface area contributed by atoms with E-state index < -0.39 is 0 Å². The van der Waals surface area contributed by atoms with Crippen molar-refractivity contribution >= 4 is 23.4 Å². The second-order valence-electron chi connectivity index (χ2n) is 11.4. The third-order valence-electron chi connectivity index (χ3n) is 9.09. The standard InChI is InChI=1S/C36H31N3O/c37-20-23-17-27(22-38-21-23)25-8-5-7-24(18-25)26-9-6-10-28(19-26)39-32-13-3-1-11-29(32)30-15-16-34-35(36(30)39)31-12-2-4-14-33(31)40-34/h3-4,8-9,13-14,17-19,21-22H,1-2,5-7,10-12,15-16H2. The van der Waals surface area contributed by atoms with Crippen molar-refractivity contribution in [1.29, 1.82) is 5.26 Å². The van der Waals surface area contributed by atoms with Crippen LogP contribution in [0.15, 0.2) is 70.5 Å². The predicted molar refractivity (Wildman–Crippen MR) is 160 cm³/mol. The molecule has 0 fully saturated rings. The van der Waals surface area contributed by atoms with Crippen molar-refractivity contribution in [2.24, 2.45) is 0 Å². The average molecular weight is 522 g/mol. The molecule has 0 aromatic carbocycles. The SMILES string of the molecule is N#Cc1cncc(C2=CCCC(C3=CCCC(n4c5c(c6c4-c4c(oc7c4CCC=C7)CC6)CCC=C5)=C3)=C2)c1. The Morgan fingerprint density at radius 3 is 2.58 bits per heavy atom. The molecule has 0 N–H and O–H groups in total. The van der Waals surface area contributed by atoms with E-state index in [2.05, 4.69) is 64.2 Å². The molecule has 8 rings (SSSR count). The number of furan rings is 1. The number of allylic oxidation sites excluding steroid dienone is 10. The van der Waals surface area contributed by atoms with Crippen LogP contribution in [0.4, 0.5) is 0 Å². The van der Waals surface area contributed by atoms with E-state index in [1.807, 2.05) is 12.3 Å². The van der Waals surface area contributed by atoms with Gasteiger partial charge in [-0.1, -0.05) is 30.4 Å². The van der Waals surface area contributed by atoms with Crippen LogP contribution in [-0.2, 0) is 25.7 Å². The van der Waals surface area contributed by atoms with Gasteiger partial charge in [-0.25, -0.2) is 0 Å². The van der Waals surface area contributed by atoms with Crippen molar-refractivity contribution < 1.29 is 4.42 Å². The summed E-state index contributed by atoms with van der Waals surface area (Å²) in [5.74, 6) is 2.25. The summed E-state index contributed by atoms with van der Waals surface area (Å²) in [6.45, 7) is 0. The number of hydrogen-bond acceptors (Lipinski definition) is 3. The Labute approximate surface area is 235 Å². The van der Waals surface area contributed by atoms with Crippen LogP contribution in [0.5, 0.6) is 0 Å². The minimum Gasteiger partial charge on any atom is -0.461 e. The molecule has 0 amide bonds. The number of pyridine rings is 1. The number of aromatic nitrogens is 2. The zero-order valence-corrected chi connectivity index (χ0v) is 22.7. The monoisotopic (exact) mass is 521 g/mol. The van der Waals surface area contributed by atoms with Crippen LogP contribution in [0.2, 0.25) is 0 Å². The van der Waals surface area contributed by atoms with Crippen molar-refractivity contribution in [3.8, 4) is 17.3 Å². The van der Waals surface area contributed by atoms with E-state index in [-0.39, 0.29) is 0 Å². The maximum atomic E-state index is 9.36. The fourth-order valence-electron chi connectivity index (χ4n) is 7.30. The third-order valence-corrected chi connectivity index (χ3v) is 9.09. The smallest absolute Gasteiger partial charge is 0.130 e. The number of nitriles is 1. The van der Waals surface area contributed by atoms with Gasteiger partial charge in [-0.15, -0.1) is 0 Å². The molecule has 0 radical (unpaired) electrons. The summed E-state index contributed by atoms with van der Waals surface area (Å²) in [4.78, 5) is 4.30. The molecule has 5 aliphatic carbocycles. The minimum absolute atomic E-state index is 0.601. The zero-order chi connectivity index (χ0) is 26.6. The van der Waals surface area contributed by atoms with Gasteiger partial charge in [-0.2, -0.15) is 5.26 Å². The maximum absolute atomic E-state index is 9.36. The van der Waals surface area contributed by atoms with E-state index in [4.69, 9.17) is 4.42 Å². The molecule has 4 nitrogen and oxygen atoms in total. The lowest BCUT2D eigenvalue weighted by Crippen LogP contribution is -2.10. The first-order chi connectivity index (χ1) is 19.8. The summed E-state index contributed by atoms with van der Waals surface area (Å²) < 4.78 is 9.07. The van der Waals surface area contributed by atoms with Crippen LogP contribution < -0.4 is 0 Å². The molecule has 0 atom stereocenters. The second-order valence-corrected chi connectivity index (χ2v) is 11.4. The Kier molecular flexibility index (Phi) is 5.52. The number of hydrogen-bond donors (Lipinski definition) is 0. The lowest BCUT2D eigenvalue weighted by molar-refractivity contribution is 0.495. The van der Waals surface area contributed by atoms with Gasteiger partial charge in [-0.3, -0.25) is 4.98 Å². The molecule has 4 heteroatoms. The van der Waals surface area contributed by atoms with Crippen LogP contribution in [0.3, 0.4) is 0 Å². The van der Waals surface area contributed by atoms with Crippen molar-refractivity contribution in [3.63, 3.8) is 0 Å². The zero-order valence-electron chi connectivity index (χ0n) is 22.7. The van der Waals surface area contributed by atoms with E-state index >= 15 is 0 Å². The van der Waals surface area contributed by atoms with Crippen molar-refractivity contribution in [2.75, 3.05) is 0 Å². The maximum Gasteiger partial charge on any atom is 0.130 e. The van der Waals surface area contributed by atoms with E-state index in [9.17, 15) is 5.26 Å². The Balaban J connectivity index is 1.24. The molecule has 3 aromatic heterocycles. The number of rotatable bonds is 3. The molecule has 0 saturated heterocycles. The van der Waals surface area contributed by atoms with Gasteiger partial charge in [-0.05, 0) is 110 Å². The molecule has 0 bridgehead atoms. The number of fused-ring (bicyclic) bond motifs is 7. The summed E-state index contributed by atoms with van der Waals surface area (Å²) in [5.41, 5.74) is 15.5. The number of nitrogens with zero attached hydrogens (tertiary/aromatic N) is 3. The molecule has 3 aromatic rings. The molecule has 40 heavy (non-hydrogen) atoms. The fraction of sp³-hybridized carbons (Fsp3) is 0.278. The lowest BCUT2D eigenvalue weighted by atomic mass is 9.86. The first-order valence-corrected chi connectivity index (χ1v) is 14.7. The predicted octanol–water partition coefficient (Wildman–Crippen LogP) is 8.40. The van der Waals surface area contributed by atoms with Crippen LogP contribution in [-0.4, -0.2) is 9.55 Å². The molecule has 0 aliphatic heterocycles. The van der Waals surface area contributed by atoms with Gasteiger partial charge < -0.3 is 8.98 Å². The minimum atomic E-state index is 0.601. The van der Waals surface area contributed by atoms with Crippen molar-refractivity contribution in [2.45, 2.75) is 64.2 Å². The van der Waals surface area contributed by atoms with Gasteiger partial charge in [0.05, 0.1) is 11.3 Å². The van der Waals surface area contributed by atoms with Gasteiger partial charge in [0.25, 0.3) is 0 Å². The number of aryl methyl sites for hydroxylation is 1. The molecule has 5 aliphatic rings. The Morgan fingerprint density at radius 1 is 0.800 bits per heavy atom. The van der Waals surface area contributed by atoms with E-state index in [0.29, 0.717) is 5.56 Å². The fourth-order valence-corrected chi connectivity index (χ4v) is 7.30. The highest BCUT2D eigenvalue weighted by molar-refractivity contribution is 5.85. The highest BCUT2D eigenvalue weighted by Crippen LogP contribution is 2.48. The largest absolute Gasteiger partial charge is 0.461 e. The van der Waals surface area contributed by atoms with Crippen molar-refractivity contribution in [1.82, 2.24) is 9.55 Å². The van der Waals surface area contributed by atoms with Gasteiger partial charge in [0.1, 0.15) is 17.6 Å². The summed E-state index contributed by atoms with van der Waals surface area (Å²) >= 11 is 0. The molecule has 0 saturated carbocycles. The first kappa shape index (κ1) is 23.5. The van der Waals surface area contributed by atoms with Gasteiger partial charge in [0.2, 0.25) is 0 Å². The van der Waals surface area contributed by atoms with Gasteiger partial charge in [0, 0.05) is 46.9 Å². The van der Waals surface area contributed by atoms with E-state index in [1.165, 1.54) is 45.1 Å². The van der Waals surface area contributed by atoms with Crippen LogP contribution in [0.1, 0.15) is 83.6 Å². The first-order valence-electron chi connectivity index (χ1n) is 14.7. The summed E-state index contributed by atoms with van der Waals surface area (Å²) in [7, 11) is 0. The average Bonchev–Trinajstić information content (AvgIpc) is 3.57. The van der Waals surface area contributed by atoms with E-state index in [1.54, 1.807) is 17.3 Å². The Bertz CT molecular complexity index is 1800. The second kappa shape index (κ2) is 9.38. The van der Waals surface area contributed by atoms with Crippen LogP contribution in [0, 0.1) is 11.3 Å². The normalized spacial score (nSPS) is 18.9. The van der Waals surface area contributed by atoms with Gasteiger partial charge in [0.15, 0.2) is 0 Å². The molecular formula is C36H31N3O. The Morgan fingerprint density at radius 2 is 1.65 bits per heavy atom. The Hall–Kier alpha value is -4.36. The quantitative estimate of drug-likeness (QED) is 0.348. The van der Waals surface area contributed by atoms with Crippen LogP contribution in [0.25, 0.3) is 34.7 Å². The molecule has 196 valence electrons. The molecular weight excluding hydrogens is 490 g/mol. The van der Waals surface area contributed by atoms with Crippen molar-refractivity contribution in [3.05, 3.63) is 111 Å². The molecule has 0 unspecified atom stereocenters. The van der Waals surface area contributed by atoms with E-state index in [0.717, 1.165) is 81.1 Å². The summed E-state index contributed by atoms with van der Waals surface area (Å²) in [5, 5.41) is 9.36. The molecule has 0 spiro atoms. The summed E-state index contributed by atoms with van der Waals surface area (Å²) in [6, 6.07) is 4.17. The van der Waals surface area contributed by atoms with Gasteiger partial charge >= 0.3 is 0 Å².